The van der Waals surface area contributed by atoms with Gasteiger partial charge in [0.25, 0.3) is 0 Å². The summed E-state index contributed by atoms with van der Waals surface area (Å²) < 4.78 is 5.16. The fraction of sp³-hybridized carbons (Fsp3) is 0.632. The van der Waals surface area contributed by atoms with E-state index in [4.69, 9.17) is 4.74 Å². The lowest BCUT2D eigenvalue weighted by molar-refractivity contribution is -0.130. The van der Waals surface area contributed by atoms with Gasteiger partial charge in [-0.15, -0.1) is 0 Å². The number of methoxy groups -OCH3 is 1. The number of ether oxygens (including phenoxy) is 1. The van der Waals surface area contributed by atoms with Crippen molar-refractivity contribution in [3.8, 4) is 0 Å². The molecule has 0 radical (unpaired) electrons. The Morgan fingerprint density at radius 2 is 1.91 bits per heavy atom. The average molecular weight is 316 g/mol. The molecule has 1 atom stereocenters. The lowest BCUT2D eigenvalue weighted by atomic mass is 10.1. The predicted octanol–water partition coefficient (Wildman–Crippen LogP) is 2.81. The summed E-state index contributed by atoms with van der Waals surface area (Å²) in [6.45, 7) is 5.41. The number of benzene rings is 1. The van der Waals surface area contributed by atoms with Crippen LogP contribution in [-0.4, -0.2) is 48.0 Å². The van der Waals surface area contributed by atoms with Crippen LogP contribution < -0.4 is 0 Å². The zero-order chi connectivity index (χ0) is 16.2. The molecule has 2 fully saturated rings. The fourth-order valence-corrected chi connectivity index (χ4v) is 3.60. The summed E-state index contributed by atoms with van der Waals surface area (Å²) in [5, 5.41) is 0. The number of likely N-dealkylation sites (tertiary alicyclic amines) is 1. The largest absolute Gasteiger partial charge is 0.380 e. The third-order valence-corrected chi connectivity index (χ3v) is 5.02. The van der Waals surface area contributed by atoms with Crippen LogP contribution in [0.4, 0.5) is 0 Å². The second kappa shape index (κ2) is 7.45. The third-order valence-electron chi connectivity index (χ3n) is 5.02. The van der Waals surface area contributed by atoms with E-state index in [0.717, 1.165) is 19.6 Å². The highest BCUT2D eigenvalue weighted by atomic mass is 16.5. The number of carbonyl (C=O) groups is 1. The van der Waals surface area contributed by atoms with Gasteiger partial charge in [-0.3, -0.25) is 9.69 Å². The van der Waals surface area contributed by atoms with E-state index in [-0.39, 0.29) is 5.91 Å². The predicted molar refractivity (Wildman–Crippen MR) is 91.0 cm³/mol. The van der Waals surface area contributed by atoms with Crippen LogP contribution in [0.15, 0.2) is 24.3 Å². The number of carbonyl (C=O) groups excluding carboxylic acids is 1. The van der Waals surface area contributed by atoms with Crippen LogP contribution in [0.5, 0.6) is 0 Å². The van der Waals surface area contributed by atoms with Crippen molar-refractivity contribution in [1.82, 2.24) is 9.80 Å². The van der Waals surface area contributed by atoms with Gasteiger partial charge >= 0.3 is 0 Å². The Morgan fingerprint density at radius 3 is 2.52 bits per heavy atom. The Labute approximate surface area is 139 Å². The van der Waals surface area contributed by atoms with E-state index in [9.17, 15) is 4.79 Å². The van der Waals surface area contributed by atoms with Crippen LogP contribution in [-0.2, 0) is 22.7 Å². The molecule has 1 saturated carbocycles. The van der Waals surface area contributed by atoms with Crippen LogP contribution in [0, 0.1) is 0 Å². The number of rotatable bonds is 7. The quantitative estimate of drug-likeness (QED) is 0.775. The normalized spacial score (nSPS) is 21.6. The molecule has 4 nitrogen and oxygen atoms in total. The van der Waals surface area contributed by atoms with E-state index in [1.807, 2.05) is 0 Å². The second-order valence-electron chi connectivity index (χ2n) is 6.92. The monoisotopic (exact) mass is 316 g/mol. The summed E-state index contributed by atoms with van der Waals surface area (Å²) in [6, 6.07) is 9.73. The highest BCUT2D eigenvalue weighted by Gasteiger charge is 2.35. The van der Waals surface area contributed by atoms with Crippen molar-refractivity contribution in [2.45, 2.75) is 57.8 Å². The topological polar surface area (TPSA) is 32.8 Å². The SMILES string of the molecule is COCc1ccc(CN2CCC[C@@H]2CN(C(C)=O)C2CC2)cc1. The van der Waals surface area contributed by atoms with E-state index in [1.54, 1.807) is 14.0 Å². The average Bonchev–Trinajstić information content (AvgIpc) is 3.28. The first-order chi connectivity index (χ1) is 11.2. The molecule has 0 spiro atoms. The van der Waals surface area contributed by atoms with E-state index in [2.05, 4.69) is 34.1 Å². The standard InChI is InChI=1S/C19H28N2O2/c1-15(22)21(18-9-10-18)13-19-4-3-11-20(19)12-16-5-7-17(8-6-16)14-23-2/h5-8,18-19H,3-4,9-14H2,1-2H3/t19-/m1/s1. The smallest absolute Gasteiger partial charge is 0.219 e. The zero-order valence-corrected chi connectivity index (χ0v) is 14.3. The molecule has 1 amide bonds. The molecule has 0 aromatic heterocycles. The molecular formula is C19H28N2O2. The molecule has 0 bridgehead atoms. The molecule has 126 valence electrons. The van der Waals surface area contributed by atoms with Crippen LogP contribution >= 0.6 is 0 Å². The maximum atomic E-state index is 11.9. The maximum absolute atomic E-state index is 11.9. The van der Waals surface area contributed by atoms with Crippen molar-refractivity contribution in [3.63, 3.8) is 0 Å². The van der Waals surface area contributed by atoms with E-state index >= 15 is 0 Å². The first-order valence-electron chi connectivity index (χ1n) is 8.75. The first kappa shape index (κ1) is 16.5. The van der Waals surface area contributed by atoms with Crippen molar-refractivity contribution in [2.24, 2.45) is 0 Å². The fourth-order valence-electron chi connectivity index (χ4n) is 3.60. The van der Waals surface area contributed by atoms with Crippen LogP contribution in [0.2, 0.25) is 0 Å². The summed E-state index contributed by atoms with van der Waals surface area (Å²) in [6.07, 6.45) is 4.82. The van der Waals surface area contributed by atoms with Gasteiger partial charge in [0.1, 0.15) is 0 Å². The van der Waals surface area contributed by atoms with Crippen LogP contribution in [0.3, 0.4) is 0 Å². The molecule has 0 unspecified atom stereocenters. The Balaban J connectivity index is 1.58. The van der Waals surface area contributed by atoms with Gasteiger partial charge in [0.05, 0.1) is 6.61 Å². The summed E-state index contributed by atoms with van der Waals surface area (Å²) in [5.74, 6) is 0.239. The number of amides is 1. The Hall–Kier alpha value is -1.39. The molecule has 4 heteroatoms. The first-order valence-corrected chi connectivity index (χ1v) is 8.75. The molecule has 1 aliphatic carbocycles. The molecule has 0 N–H and O–H groups in total. The van der Waals surface area contributed by atoms with Crippen LogP contribution in [0.25, 0.3) is 0 Å². The number of hydrogen-bond acceptors (Lipinski definition) is 3. The van der Waals surface area contributed by atoms with Gasteiger partial charge < -0.3 is 9.64 Å². The lowest BCUT2D eigenvalue weighted by Gasteiger charge is -2.30. The van der Waals surface area contributed by atoms with Gasteiger partial charge in [0.15, 0.2) is 0 Å². The lowest BCUT2D eigenvalue weighted by Crippen LogP contribution is -2.43. The molecule has 23 heavy (non-hydrogen) atoms. The molecular weight excluding hydrogens is 288 g/mol. The number of hydrogen-bond donors (Lipinski definition) is 0. The van der Waals surface area contributed by atoms with Crippen molar-refractivity contribution in [2.75, 3.05) is 20.2 Å². The van der Waals surface area contributed by atoms with E-state index < -0.39 is 0 Å². The number of nitrogens with zero attached hydrogens (tertiary/aromatic N) is 2. The highest BCUT2D eigenvalue weighted by molar-refractivity contribution is 5.74. The van der Waals surface area contributed by atoms with E-state index in [1.165, 1.54) is 36.8 Å². The molecule has 1 heterocycles. The minimum Gasteiger partial charge on any atom is -0.380 e. The van der Waals surface area contributed by atoms with Crippen molar-refractivity contribution < 1.29 is 9.53 Å². The summed E-state index contributed by atoms with van der Waals surface area (Å²) in [5.41, 5.74) is 2.56. The molecule has 2 aliphatic rings. The van der Waals surface area contributed by atoms with Gasteiger partial charge in [-0.1, -0.05) is 24.3 Å². The Bertz CT molecular complexity index is 525. The molecule has 1 aliphatic heterocycles. The molecule has 1 aromatic carbocycles. The molecule has 1 aromatic rings. The highest BCUT2D eigenvalue weighted by Crippen LogP contribution is 2.29. The van der Waals surface area contributed by atoms with Crippen molar-refractivity contribution in [1.29, 1.82) is 0 Å². The summed E-state index contributed by atoms with van der Waals surface area (Å²) in [4.78, 5) is 16.5. The maximum Gasteiger partial charge on any atom is 0.219 e. The minimum absolute atomic E-state index is 0.239. The minimum atomic E-state index is 0.239. The third kappa shape index (κ3) is 4.33. The molecule has 3 rings (SSSR count). The van der Waals surface area contributed by atoms with Crippen molar-refractivity contribution >= 4 is 5.91 Å². The molecule has 1 saturated heterocycles. The van der Waals surface area contributed by atoms with Crippen LogP contribution in [0.1, 0.15) is 43.7 Å². The van der Waals surface area contributed by atoms with Gasteiger partial charge in [-0.05, 0) is 43.4 Å². The summed E-state index contributed by atoms with van der Waals surface area (Å²) in [7, 11) is 1.73. The Morgan fingerprint density at radius 1 is 1.22 bits per heavy atom. The second-order valence-corrected chi connectivity index (χ2v) is 6.92. The van der Waals surface area contributed by atoms with Gasteiger partial charge in [-0.25, -0.2) is 0 Å². The summed E-state index contributed by atoms with van der Waals surface area (Å²) >= 11 is 0. The van der Waals surface area contributed by atoms with E-state index in [0.29, 0.717) is 18.7 Å². The zero-order valence-electron chi connectivity index (χ0n) is 14.3. The van der Waals surface area contributed by atoms with Gasteiger partial charge in [0, 0.05) is 39.2 Å². The van der Waals surface area contributed by atoms with Crippen molar-refractivity contribution in [3.05, 3.63) is 35.4 Å². The Kier molecular flexibility index (Phi) is 5.34. The van der Waals surface area contributed by atoms with Gasteiger partial charge in [-0.2, -0.15) is 0 Å². The van der Waals surface area contributed by atoms with Gasteiger partial charge in [0.2, 0.25) is 5.91 Å².